The number of carbonyl (C=O) groups excluding carboxylic acids is 4. The number of benzene rings is 2. The van der Waals surface area contributed by atoms with Crippen molar-refractivity contribution >= 4 is 35.1 Å². The summed E-state index contributed by atoms with van der Waals surface area (Å²) >= 11 is 0. The smallest absolute Gasteiger partial charge is 0.338 e. The van der Waals surface area contributed by atoms with Crippen molar-refractivity contribution in [2.24, 2.45) is 0 Å². The van der Waals surface area contributed by atoms with Gasteiger partial charge in [-0.05, 0) is 56.7 Å². The number of esters is 2. The van der Waals surface area contributed by atoms with Crippen molar-refractivity contribution in [1.29, 1.82) is 0 Å². The molecule has 0 spiro atoms. The van der Waals surface area contributed by atoms with E-state index in [1.54, 1.807) is 50.2 Å². The average molecular weight is 426 g/mol. The van der Waals surface area contributed by atoms with Crippen LogP contribution in [0, 0.1) is 6.92 Å². The maximum atomic E-state index is 12.0. The Kier molecular flexibility index (Phi) is 8.75. The third-order valence-corrected chi connectivity index (χ3v) is 4.09. The van der Waals surface area contributed by atoms with Gasteiger partial charge in [0.15, 0.2) is 6.61 Å². The normalized spacial score (nSPS) is 10.3. The van der Waals surface area contributed by atoms with Crippen molar-refractivity contribution < 1.29 is 28.7 Å². The highest BCUT2D eigenvalue weighted by molar-refractivity contribution is 5.95. The summed E-state index contributed by atoms with van der Waals surface area (Å²) in [6.45, 7) is 4.94. The third-order valence-electron chi connectivity index (χ3n) is 4.09. The number of ether oxygens (including phenoxy) is 2. The van der Waals surface area contributed by atoms with E-state index in [0.717, 1.165) is 5.56 Å². The number of amides is 2. The summed E-state index contributed by atoms with van der Waals surface area (Å²) in [5, 5.41) is 5.29. The number of hydrogen-bond donors (Lipinski definition) is 2. The fourth-order valence-electron chi connectivity index (χ4n) is 2.53. The van der Waals surface area contributed by atoms with Crippen LogP contribution in [0.2, 0.25) is 0 Å². The molecule has 0 atom stereocenters. The van der Waals surface area contributed by atoms with Crippen LogP contribution in [0.4, 0.5) is 11.4 Å². The number of aryl methyl sites for hydroxylation is 1. The molecule has 0 fully saturated rings. The maximum Gasteiger partial charge on any atom is 0.338 e. The van der Waals surface area contributed by atoms with Crippen LogP contribution in [0.1, 0.15) is 42.6 Å². The Bertz CT molecular complexity index is 937. The Morgan fingerprint density at radius 1 is 0.871 bits per heavy atom. The number of anilines is 2. The van der Waals surface area contributed by atoms with Crippen LogP contribution in [0.3, 0.4) is 0 Å². The molecular weight excluding hydrogens is 400 g/mol. The first-order valence-electron chi connectivity index (χ1n) is 9.86. The second kappa shape index (κ2) is 11.5. The molecule has 0 aliphatic heterocycles. The van der Waals surface area contributed by atoms with Crippen molar-refractivity contribution in [1.82, 2.24) is 0 Å². The molecule has 0 saturated heterocycles. The molecule has 8 heteroatoms. The molecule has 8 nitrogen and oxygen atoms in total. The first-order valence-corrected chi connectivity index (χ1v) is 9.86. The topological polar surface area (TPSA) is 111 Å². The lowest BCUT2D eigenvalue weighted by Gasteiger charge is -2.09. The SMILES string of the molecule is Cc1ccccc1NC(=O)COC(=O)CCC(=O)Nc1ccc(C(=O)OC(C)C)cc1. The van der Waals surface area contributed by atoms with Crippen LogP contribution in [-0.4, -0.2) is 36.5 Å². The van der Waals surface area contributed by atoms with Crippen LogP contribution in [0.15, 0.2) is 48.5 Å². The van der Waals surface area contributed by atoms with Gasteiger partial charge in [-0.25, -0.2) is 4.79 Å². The van der Waals surface area contributed by atoms with Crippen molar-refractivity contribution in [3.63, 3.8) is 0 Å². The molecule has 2 aromatic carbocycles. The fourth-order valence-corrected chi connectivity index (χ4v) is 2.53. The second-order valence-corrected chi connectivity index (χ2v) is 7.10. The number of rotatable bonds is 9. The van der Waals surface area contributed by atoms with Crippen LogP contribution >= 0.6 is 0 Å². The highest BCUT2D eigenvalue weighted by atomic mass is 16.5. The molecule has 0 heterocycles. The van der Waals surface area contributed by atoms with Gasteiger partial charge in [-0.1, -0.05) is 18.2 Å². The van der Waals surface area contributed by atoms with Crippen LogP contribution in [0.25, 0.3) is 0 Å². The molecule has 2 rings (SSSR count). The zero-order valence-corrected chi connectivity index (χ0v) is 17.8. The highest BCUT2D eigenvalue weighted by Gasteiger charge is 2.13. The summed E-state index contributed by atoms with van der Waals surface area (Å²) in [7, 11) is 0. The van der Waals surface area contributed by atoms with Gasteiger partial charge in [0.1, 0.15) is 0 Å². The molecule has 0 bridgehead atoms. The summed E-state index contributed by atoms with van der Waals surface area (Å²) in [6.07, 6.45) is -0.488. The second-order valence-electron chi connectivity index (χ2n) is 7.10. The van der Waals surface area contributed by atoms with E-state index in [9.17, 15) is 19.2 Å². The minimum absolute atomic E-state index is 0.102. The molecule has 2 aromatic rings. The quantitative estimate of drug-likeness (QED) is 0.594. The Labute approximate surface area is 180 Å². The van der Waals surface area contributed by atoms with Crippen molar-refractivity contribution in [2.75, 3.05) is 17.2 Å². The molecule has 0 saturated carbocycles. The molecule has 0 aliphatic rings. The number of carbonyl (C=O) groups is 4. The predicted molar refractivity (Wildman–Crippen MR) is 116 cm³/mol. The summed E-state index contributed by atoms with van der Waals surface area (Å²) in [4.78, 5) is 47.5. The lowest BCUT2D eigenvalue weighted by atomic mass is 10.2. The van der Waals surface area contributed by atoms with Gasteiger partial charge in [0.2, 0.25) is 5.91 Å². The van der Waals surface area contributed by atoms with Crippen LogP contribution < -0.4 is 10.6 Å². The van der Waals surface area contributed by atoms with Gasteiger partial charge in [-0.15, -0.1) is 0 Å². The van der Waals surface area contributed by atoms with Crippen molar-refractivity contribution in [3.05, 3.63) is 59.7 Å². The fraction of sp³-hybridized carbons (Fsp3) is 0.304. The average Bonchev–Trinajstić information content (AvgIpc) is 2.72. The number of nitrogens with one attached hydrogen (secondary N) is 2. The molecule has 164 valence electrons. The summed E-state index contributed by atoms with van der Waals surface area (Å²) in [5.74, 6) is -1.94. The van der Waals surface area contributed by atoms with E-state index >= 15 is 0 Å². The highest BCUT2D eigenvalue weighted by Crippen LogP contribution is 2.13. The molecule has 0 aromatic heterocycles. The molecule has 2 N–H and O–H groups in total. The standard InChI is InChI=1S/C23H26N2O6/c1-15(2)31-23(29)17-8-10-18(11-9-17)24-20(26)12-13-22(28)30-14-21(27)25-19-7-5-4-6-16(19)3/h4-11,15H,12-14H2,1-3H3,(H,24,26)(H,25,27). The third kappa shape index (κ3) is 8.30. The Hall–Kier alpha value is -3.68. The minimum atomic E-state index is -0.651. The van der Waals surface area contributed by atoms with Gasteiger partial charge >= 0.3 is 11.9 Å². The molecule has 0 aliphatic carbocycles. The van der Waals surface area contributed by atoms with Crippen molar-refractivity contribution in [2.45, 2.75) is 39.7 Å². The zero-order valence-electron chi connectivity index (χ0n) is 17.8. The van der Waals surface area contributed by atoms with E-state index in [1.807, 2.05) is 19.1 Å². The van der Waals surface area contributed by atoms with Gasteiger partial charge in [0, 0.05) is 17.8 Å². The molecule has 0 radical (unpaired) electrons. The Balaban J connectivity index is 1.70. The van der Waals surface area contributed by atoms with Gasteiger partial charge in [0.25, 0.3) is 5.91 Å². The van der Waals surface area contributed by atoms with E-state index in [1.165, 1.54) is 0 Å². The molecule has 31 heavy (non-hydrogen) atoms. The first kappa shape index (κ1) is 23.6. The summed E-state index contributed by atoms with van der Waals surface area (Å²) < 4.78 is 10.0. The van der Waals surface area contributed by atoms with E-state index < -0.39 is 24.5 Å². The van der Waals surface area contributed by atoms with E-state index in [-0.39, 0.29) is 24.9 Å². The van der Waals surface area contributed by atoms with Crippen molar-refractivity contribution in [3.8, 4) is 0 Å². The molecule has 0 unspecified atom stereocenters. The lowest BCUT2D eigenvalue weighted by Crippen LogP contribution is -2.22. The monoisotopic (exact) mass is 426 g/mol. The summed E-state index contributed by atoms with van der Waals surface area (Å²) in [5.41, 5.74) is 2.39. The predicted octanol–water partition coefficient (Wildman–Crippen LogP) is 3.46. The van der Waals surface area contributed by atoms with E-state index in [0.29, 0.717) is 16.9 Å². The molecular formula is C23H26N2O6. The Morgan fingerprint density at radius 2 is 1.55 bits per heavy atom. The van der Waals surface area contributed by atoms with Gasteiger partial charge in [0.05, 0.1) is 18.1 Å². The lowest BCUT2D eigenvalue weighted by molar-refractivity contribution is -0.147. The minimum Gasteiger partial charge on any atom is -0.459 e. The van der Waals surface area contributed by atoms with Crippen LogP contribution in [-0.2, 0) is 23.9 Å². The van der Waals surface area contributed by atoms with Gasteiger partial charge in [-0.3, -0.25) is 14.4 Å². The van der Waals surface area contributed by atoms with Gasteiger partial charge in [-0.2, -0.15) is 0 Å². The Morgan fingerprint density at radius 3 is 2.19 bits per heavy atom. The van der Waals surface area contributed by atoms with Gasteiger partial charge < -0.3 is 20.1 Å². The molecule has 2 amide bonds. The zero-order chi connectivity index (χ0) is 22.8. The largest absolute Gasteiger partial charge is 0.459 e. The summed E-state index contributed by atoms with van der Waals surface area (Å²) in [6, 6.07) is 13.5. The van der Waals surface area contributed by atoms with E-state index in [2.05, 4.69) is 10.6 Å². The maximum absolute atomic E-state index is 12.0. The number of para-hydroxylation sites is 1. The van der Waals surface area contributed by atoms with Crippen LogP contribution in [0.5, 0.6) is 0 Å². The first-order chi connectivity index (χ1) is 14.7. The van der Waals surface area contributed by atoms with E-state index in [4.69, 9.17) is 9.47 Å². The number of hydrogen-bond acceptors (Lipinski definition) is 6.